The Morgan fingerprint density at radius 1 is 1.40 bits per heavy atom. The summed E-state index contributed by atoms with van der Waals surface area (Å²) in [4.78, 5) is 11.8. The average molecular weight is 270 g/mol. The molecule has 1 saturated heterocycles. The minimum atomic E-state index is -0.320. The Morgan fingerprint density at radius 3 is 2.70 bits per heavy atom. The van der Waals surface area contributed by atoms with E-state index in [0.717, 1.165) is 16.7 Å². The first-order valence-electron chi connectivity index (χ1n) is 6.50. The Hall–Kier alpha value is -2.13. The number of carbonyl (C=O) groups excluding carboxylic acids is 1. The van der Waals surface area contributed by atoms with Crippen LogP contribution in [0.5, 0.6) is 0 Å². The standard InChI is InChI=1S/C17H18O3/c1-4-13-7-6-8-14(16(13)5-2)9-12(3)17(18)20-11-15-10-19-15/h4-9,15H,1-2,10-11H2,3H3/b12-9+. The summed E-state index contributed by atoms with van der Waals surface area (Å²) >= 11 is 0. The average Bonchev–Trinajstić information content (AvgIpc) is 3.28. The second kappa shape index (κ2) is 6.35. The Bertz CT molecular complexity index is 566. The van der Waals surface area contributed by atoms with Crippen molar-refractivity contribution in [3.8, 4) is 0 Å². The van der Waals surface area contributed by atoms with Crippen LogP contribution in [-0.2, 0) is 14.3 Å². The Morgan fingerprint density at radius 2 is 2.10 bits per heavy atom. The molecule has 1 unspecified atom stereocenters. The van der Waals surface area contributed by atoms with Crippen LogP contribution in [0.2, 0.25) is 0 Å². The molecule has 104 valence electrons. The number of hydrogen-bond donors (Lipinski definition) is 0. The summed E-state index contributed by atoms with van der Waals surface area (Å²) in [5, 5.41) is 0. The molecule has 0 saturated carbocycles. The summed E-state index contributed by atoms with van der Waals surface area (Å²) in [5.41, 5.74) is 3.42. The molecular weight excluding hydrogens is 252 g/mol. The molecule has 1 aliphatic rings. The number of carbonyl (C=O) groups is 1. The van der Waals surface area contributed by atoms with Gasteiger partial charge in [0.05, 0.1) is 6.61 Å². The zero-order chi connectivity index (χ0) is 14.5. The van der Waals surface area contributed by atoms with Crippen LogP contribution in [0.15, 0.2) is 36.9 Å². The van der Waals surface area contributed by atoms with Gasteiger partial charge in [-0.2, -0.15) is 0 Å². The van der Waals surface area contributed by atoms with Crippen molar-refractivity contribution in [1.29, 1.82) is 0 Å². The van der Waals surface area contributed by atoms with Crippen molar-refractivity contribution in [3.63, 3.8) is 0 Å². The fourth-order valence-electron chi connectivity index (χ4n) is 1.88. The first kappa shape index (κ1) is 14.3. The van der Waals surface area contributed by atoms with E-state index < -0.39 is 0 Å². The molecule has 3 heteroatoms. The minimum Gasteiger partial charge on any atom is -0.459 e. The fraction of sp³-hybridized carbons (Fsp3) is 0.235. The molecule has 0 N–H and O–H groups in total. The molecule has 1 heterocycles. The van der Waals surface area contributed by atoms with Crippen molar-refractivity contribution in [2.24, 2.45) is 0 Å². The van der Waals surface area contributed by atoms with Gasteiger partial charge in [0.1, 0.15) is 12.7 Å². The Labute approximate surface area is 119 Å². The number of ether oxygens (including phenoxy) is 2. The molecule has 1 fully saturated rings. The lowest BCUT2D eigenvalue weighted by Crippen LogP contribution is -2.10. The van der Waals surface area contributed by atoms with Crippen LogP contribution in [0.25, 0.3) is 18.2 Å². The van der Waals surface area contributed by atoms with Crippen molar-refractivity contribution in [2.45, 2.75) is 13.0 Å². The monoisotopic (exact) mass is 270 g/mol. The zero-order valence-corrected chi connectivity index (χ0v) is 11.6. The molecule has 1 atom stereocenters. The van der Waals surface area contributed by atoms with Gasteiger partial charge in [-0.15, -0.1) is 0 Å². The number of rotatable bonds is 6. The predicted octanol–water partition coefficient (Wildman–Crippen LogP) is 3.32. The van der Waals surface area contributed by atoms with Gasteiger partial charge < -0.3 is 9.47 Å². The summed E-state index contributed by atoms with van der Waals surface area (Å²) in [6.07, 6.45) is 5.42. The summed E-state index contributed by atoms with van der Waals surface area (Å²) in [6, 6.07) is 5.82. The van der Waals surface area contributed by atoms with Crippen LogP contribution in [0.1, 0.15) is 23.6 Å². The predicted molar refractivity (Wildman–Crippen MR) is 81.0 cm³/mol. The molecule has 2 rings (SSSR count). The summed E-state index contributed by atoms with van der Waals surface area (Å²) in [5.74, 6) is -0.320. The van der Waals surface area contributed by atoms with Crippen molar-refractivity contribution in [1.82, 2.24) is 0 Å². The summed E-state index contributed by atoms with van der Waals surface area (Å²) < 4.78 is 10.2. The van der Waals surface area contributed by atoms with Crippen LogP contribution in [0.3, 0.4) is 0 Å². The maximum atomic E-state index is 11.8. The third-order valence-electron chi connectivity index (χ3n) is 3.09. The van der Waals surface area contributed by atoms with E-state index in [-0.39, 0.29) is 12.1 Å². The van der Waals surface area contributed by atoms with Crippen molar-refractivity contribution in [3.05, 3.63) is 53.6 Å². The summed E-state index contributed by atoms with van der Waals surface area (Å²) in [7, 11) is 0. The third kappa shape index (κ3) is 3.45. The van der Waals surface area contributed by atoms with E-state index >= 15 is 0 Å². The minimum absolute atomic E-state index is 0.0829. The van der Waals surface area contributed by atoms with Crippen molar-refractivity contribution < 1.29 is 14.3 Å². The quantitative estimate of drug-likeness (QED) is 0.452. The molecule has 0 aliphatic carbocycles. The van der Waals surface area contributed by atoms with Crippen LogP contribution in [0.4, 0.5) is 0 Å². The lowest BCUT2D eigenvalue weighted by Gasteiger charge is -2.07. The van der Waals surface area contributed by atoms with Crippen LogP contribution in [0, 0.1) is 0 Å². The largest absolute Gasteiger partial charge is 0.459 e. The lowest BCUT2D eigenvalue weighted by atomic mass is 9.99. The van der Waals surface area contributed by atoms with E-state index in [1.165, 1.54) is 0 Å². The highest BCUT2D eigenvalue weighted by Crippen LogP contribution is 2.20. The van der Waals surface area contributed by atoms with E-state index in [1.807, 2.05) is 18.2 Å². The van der Waals surface area contributed by atoms with Gasteiger partial charge in [0.2, 0.25) is 0 Å². The van der Waals surface area contributed by atoms with Gasteiger partial charge in [0.25, 0.3) is 0 Å². The molecule has 0 spiro atoms. The normalized spacial score (nSPS) is 17.4. The Balaban J connectivity index is 2.17. The van der Waals surface area contributed by atoms with Crippen LogP contribution in [-0.4, -0.2) is 25.3 Å². The molecule has 0 amide bonds. The molecule has 1 aromatic rings. The van der Waals surface area contributed by atoms with Gasteiger partial charge in [-0.25, -0.2) is 4.79 Å². The van der Waals surface area contributed by atoms with Crippen molar-refractivity contribution in [2.75, 3.05) is 13.2 Å². The van der Waals surface area contributed by atoms with E-state index in [1.54, 1.807) is 25.2 Å². The maximum Gasteiger partial charge on any atom is 0.333 e. The van der Waals surface area contributed by atoms with E-state index in [2.05, 4.69) is 13.2 Å². The zero-order valence-electron chi connectivity index (χ0n) is 11.6. The van der Waals surface area contributed by atoms with Gasteiger partial charge in [0.15, 0.2) is 0 Å². The van der Waals surface area contributed by atoms with Gasteiger partial charge in [-0.3, -0.25) is 0 Å². The molecule has 3 nitrogen and oxygen atoms in total. The molecule has 0 bridgehead atoms. The Kier molecular flexibility index (Phi) is 4.53. The number of benzene rings is 1. The van der Waals surface area contributed by atoms with Gasteiger partial charge >= 0.3 is 5.97 Å². The maximum absolute atomic E-state index is 11.8. The molecule has 1 aromatic carbocycles. The van der Waals surface area contributed by atoms with Crippen molar-refractivity contribution >= 4 is 24.2 Å². The first-order chi connectivity index (χ1) is 9.65. The number of esters is 1. The second-order valence-electron chi connectivity index (χ2n) is 4.64. The van der Waals surface area contributed by atoms with Gasteiger partial charge in [0, 0.05) is 5.57 Å². The molecule has 1 aliphatic heterocycles. The molecule has 0 radical (unpaired) electrons. The molecule has 20 heavy (non-hydrogen) atoms. The second-order valence-corrected chi connectivity index (χ2v) is 4.64. The van der Waals surface area contributed by atoms with E-state index in [4.69, 9.17) is 9.47 Å². The smallest absolute Gasteiger partial charge is 0.333 e. The summed E-state index contributed by atoms with van der Waals surface area (Å²) in [6.45, 7) is 10.3. The highest BCUT2D eigenvalue weighted by Gasteiger charge is 2.24. The number of epoxide rings is 1. The fourth-order valence-corrected chi connectivity index (χ4v) is 1.88. The molecule has 0 aromatic heterocycles. The topological polar surface area (TPSA) is 38.8 Å². The SMILES string of the molecule is C=Cc1cccc(/C=C(\C)C(=O)OCC2CO2)c1C=C. The highest BCUT2D eigenvalue weighted by atomic mass is 16.6. The third-order valence-corrected chi connectivity index (χ3v) is 3.09. The number of hydrogen-bond acceptors (Lipinski definition) is 3. The van der Waals surface area contributed by atoms with Crippen LogP contribution < -0.4 is 0 Å². The first-order valence-corrected chi connectivity index (χ1v) is 6.50. The van der Waals surface area contributed by atoms with E-state index in [0.29, 0.717) is 18.8 Å². The van der Waals surface area contributed by atoms with Crippen LogP contribution >= 0.6 is 0 Å². The van der Waals surface area contributed by atoms with Gasteiger partial charge in [-0.1, -0.05) is 43.5 Å². The van der Waals surface area contributed by atoms with Gasteiger partial charge in [-0.05, 0) is 29.7 Å². The lowest BCUT2D eigenvalue weighted by molar-refractivity contribution is -0.139. The van der Waals surface area contributed by atoms with E-state index in [9.17, 15) is 4.79 Å². The molecular formula is C17H18O3. The highest BCUT2D eigenvalue weighted by molar-refractivity contribution is 5.94.